The molecule has 0 bridgehead atoms. The van der Waals surface area contributed by atoms with Crippen molar-refractivity contribution in [3.63, 3.8) is 0 Å². The molecule has 0 spiro atoms. The Bertz CT molecular complexity index is 229. The predicted octanol–water partition coefficient (Wildman–Crippen LogP) is 0.984. The molecule has 0 aromatic heterocycles. The Labute approximate surface area is 96.5 Å². The fourth-order valence-corrected chi connectivity index (χ4v) is 0.935. The molecule has 0 aliphatic carbocycles. The Morgan fingerprint density at radius 1 is 1.47 bits per heavy atom. The van der Waals surface area contributed by atoms with E-state index in [9.17, 15) is 4.79 Å². The van der Waals surface area contributed by atoms with Gasteiger partial charge >= 0.3 is 0 Å². The minimum atomic E-state index is -0.628. The molecule has 5 heteroatoms. The maximum Gasteiger partial charge on any atom is 0.223 e. The summed E-state index contributed by atoms with van der Waals surface area (Å²) in [6.07, 6.45) is 1.30. The van der Waals surface area contributed by atoms with Gasteiger partial charge in [-0.2, -0.15) is 0 Å². The summed E-state index contributed by atoms with van der Waals surface area (Å²) in [5.41, 5.74) is 4.85. The van der Waals surface area contributed by atoms with Gasteiger partial charge in [0.1, 0.15) is 0 Å². The van der Waals surface area contributed by atoms with E-state index in [0.717, 1.165) is 6.42 Å². The molecule has 0 atom stereocenters. The molecule has 88 valence electrons. The van der Waals surface area contributed by atoms with Gasteiger partial charge in [0.25, 0.3) is 0 Å². The summed E-state index contributed by atoms with van der Waals surface area (Å²) in [5, 5.41) is 2.75. The van der Waals surface area contributed by atoms with E-state index in [1.54, 1.807) is 13.8 Å². The third kappa shape index (κ3) is 6.41. The average Bonchev–Trinajstić information content (AvgIpc) is 2.11. The van der Waals surface area contributed by atoms with Crippen LogP contribution in [0.3, 0.4) is 0 Å². The van der Waals surface area contributed by atoms with Crippen molar-refractivity contribution in [2.75, 3.05) is 13.2 Å². The molecule has 1 amide bonds. The van der Waals surface area contributed by atoms with Gasteiger partial charge in [-0.25, -0.2) is 0 Å². The van der Waals surface area contributed by atoms with Crippen LogP contribution in [-0.4, -0.2) is 29.6 Å². The second-order valence-corrected chi connectivity index (χ2v) is 4.34. The highest BCUT2D eigenvalue weighted by atomic mass is 32.1. The van der Waals surface area contributed by atoms with Crippen molar-refractivity contribution >= 4 is 23.1 Å². The van der Waals surface area contributed by atoms with E-state index in [2.05, 4.69) is 5.32 Å². The summed E-state index contributed by atoms with van der Waals surface area (Å²) in [7, 11) is 0. The van der Waals surface area contributed by atoms with Crippen LogP contribution in [0.2, 0.25) is 0 Å². The fourth-order valence-electron chi connectivity index (χ4n) is 0.884. The van der Waals surface area contributed by atoms with Crippen LogP contribution in [0, 0.1) is 0 Å². The van der Waals surface area contributed by atoms with Gasteiger partial charge in [-0.15, -0.1) is 0 Å². The highest BCUT2D eigenvalue weighted by Crippen LogP contribution is 2.02. The van der Waals surface area contributed by atoms with E-state index in [1.165, 1.54) is 0 Å². The quantitative estimate of drug-likeness (QED) is 0.507. The Hall–Kier alpha value is -0.680. The minimum Gasteiger partial charge on any atom is -0.391 e. The highest BCUT2D eigenvalue weighted by Gasteiger charge is 2.22. The highest BCUT2D eigenvalue weighted by molar-refractivity contribution is 7.80. The van der Waals surface area contributed by atoms with Gasteiger partial charge in [0, 0.05) is 13.0 Å². The summed E-state index contributed by atoms with van der Waals surface area (Å²) < 4.78 is 5.20. The van der Waals surface area contributed by atoms with Crippen LogP contribution in [0.5, 0.6) is 0 Å². The maximum atomic E-state index is 11.4. The van der Waals surface area contributed by atoms with Crippen molar-refractivity contribution in [2.24, 2.45) is 5.73 Å². The van der Waals surface area contributed by atoms with Crippen LogP contribution in [0.4, 0.5) is 0 Å². The van der Waals surface area contributed by atoms with Crippen molar-refractivity contribution in [1.82, 2.24) is 5.32 Å². The smallest absolute Gasteiger partial charge is 0.223 e. The van der Waals surface area contributed by atoms with Crippen molar-refractivity contribution in [2.45, 2.75) is 39.2 Å². The lowest BCUT2D eigenvalue weighted by atomic mass is 10.1. The van der Waals surface area contributed by atoms with Gasteiger partial charge in [0.15, 0.2) is 0 Å². The molecule has 0 aromatic rings. The third-order valence-electron chi connectivity index (χ3n) is 1.89. The van der Waals surface area contributed by atoms with Crippen molar-refractivity contribution in [3.8, 4) is 0 Å². The monoisotopic (exact) mass is 232 g/mol. The fraction of sp³-hybridized carbons (Fsp3) is 0.800. The summed E-state index contributed by atoms with van der Waals surface area (Å²) in [5.74, 6) is -0.0936. The number of amides is 1. The summed E-state index contributed by atoms with van der Waals surface area (Å²) in [6, 6.07) is 0. The Morgan fingerprint density at radius 3 is 2.53 bits per heavy atom. The minimum absolute atomic E-state index is 0.0936. The van der Waals surface area contributed by atoms with E-state index in [1.807, 2.05) is 6.92 Å². The van der Waals surface area contributed by atoms with E-state index in [-0.39, 0.29) is 10.9 Å². The Balaban J connectivity index is 3.79. The normalized spacial score (nSPS) is 11.1. The number of nitrogens with two attached hydrogens (primary N) is 1. The lowest BCUT2D eigenvalue weighted by Crippen LogP contribution is -2.52. The van der Waals surface area contributed by atoms with E-state index < -0.39 is 5.54 Å². The first-order valence-electron chi connectivity index (χ1n) is 5.08. The van der Waals surface area contributed by atoms with Gasteiger partial charge in [0.2, 0.25) is 5.91 Å². The number of carbonyl (C=O) groups is 1. The van der Waals surface area contributed by atoms with Gasteiger partial charge in [-0.05, 0) is 20.3 Å². The number of hydrogen-bond acceptors (Lipinski definition) is 3. The average molecular weight is 232 g/mol. The summed E-state index contributed by atoms with van der Waals surface area (Å²) >= 11 is 4.84. The van der Waals surface area contributed by atoms with Gasteiger partial charge in [0.05, 0.1) is 17.1 Å². The van der Waals surface area contributed by atoms with Crippen LogP contribution in [0.15, 0.2) is 0 Å². The second-order valence-electron chi connectivity index (χ2n) is 3.90. The molecular weight excluding hydrogens is 212 g/mol. The van der Waals surface area contributed by atoms with E-state index in [0.29, 0.717) is 19.6 Å². The molecule has 0 heterocycles. The number of thiocarbonyl (C=S) groups is 1. The number of ether oxygens (including phenoxy) is 1. The van der Waals surface area contributed by atoms with Crippen molar-refractivity contribution in [3.05, 3.63) is 0 Å². The van der Waals surface area contributed by atoms with Gasteiger partial charge < -0.3 is 15.8 Å². The molecule has 0 aliphatic rings. The molecule has 0 radical (unpaired) electrons. The summed E-state index contributed by atoms with van der Waals surface area (Å²) in [4.78, 5) is 11.7. The second kappa shape index (κ2) is 6.74. The molecule has 15 heavy (non-hydrogen) atoms. The molecule has 3 N–H and O–H groups in total. The molecular formula is C10H20N2O2S. The molecule has 0 unspecified atom stereocenters. The van der Waals surface area contributed by atoms with Gasteiger partial charge in [-0.3, -0.25) is 4.79 Å². The summed E-state index contributed by atoms with van der Waals surface area (Å²) in [6.45, 7) is 6.70. The van der Waals surface area contributed by atoms with Gasteiger partial charge in [-0.1, -0.05) is 19.1 Å². The van der Waals surface area contributed by atoms with Crippen molar-refractivity contribution in [1.29, 1.82) is 0 Å². The lowest BCUT2D eigenvalue weighted by Gasteiger charge is -2.24. The number of nitrogens with one attached hydrogen (secondary N) is 1. The predicted molar refractivity (Wildman–Crippen MR) is 64.7 cm³/mol. The zero-order valence-corrected chi connectivity index (χ0v) is 10.4. The molecule has 4 nitrogen and oxygen atoms in total. The Kier molecular flexibility index (Phi) is 6.43. The molecule has 0 aromatic carbocycles. The molecule has 0 saturated heterocycles. The first-order chi connectivity index (χ1) is 6.90. The first-order valence-corrected chi connectivity index (χ1v) is 5.49. The standard InChI is InChI=1S/C10H20N2O2S/c1-4-6-14-7-5-8(13)12-10(2,3)9(11)15/h4-7H2,1-3H3,(H2,11,15)(H,12,13). The van der Waals surface area contributed by atoms with E-state index >= 15 is 0 Å². The van der Waals surface area contributed by atoms with Crippen LogP contribution in [0.25, 0.3) is 0 Å². The topological polar surface area (TPSA) is 64.3 Å². The van der Waals surface area contributed by atoms with Crippen LogP contribution in [0.1, 0.15) is 33.6 Å². The third-order valence-corrected chi connectivity index (χ3v) is 2.40. The number of rotatable bonds is 7. The maximum absolute atomic E-state index is 11.4. The SMILES string of the molecule is CCCOCCC(=O)NC(C)(C)C(N)=S. The van der Waals surface area contributed by atoms with Crippen LogP contribution in [-0.2, 0) is 9.53 Å². The van der Waals surface area contributed by atoms with Crippen molar-refractivity contribution < 1.29 is 9.53 Å². The number of hydrogen-bond donors (Lipinski definition) is 2. The zero-order valence-electron chi connectivity index (χ0n) is 9.63. The molecule has 0 rings (SSSR count). The number of carbonyl (C=O) groups excluding carboxylic acids is 1. The lowest BCUT2D eigenvalue weighted by molar-refractivity contribution is -0.123. The molecule has 0 aliphatic heterocycles. The molecule has 0 saturated carbocycles. The zero-order chi connectivity index (χ0) is 11.9. The van der Waals surface area contributed by atoms with Crippen LogP contribution < -0.4 is 11.1 Å². The van der Waals surface area contributed by atoms with Crippen LogP contribution >= 0.6 is 12.2 Å². The largest absolute Gasteiger partial charge is 0.391 e. The first kappa shape index (κ1) is 14.3. The molecule has 0 fully saturated rings. The Morgan fingerprint density at radius 2 is 2.07 bits per heavy atom. The van der Waals surface area contributed by atoms with E-state index in [4.69, 9.17) is 22.7 Å².